The Hall–Kier alpha value is -1.15. The first-order chi connectivity index (χ1) is 8.46. The van der Waals surface area contributed by atoms with E-state index in [0.29, 0.717) is 12.5 Å². The summed E-state index contributed by atoms with van der Waals surface area (Å²) in [4.78, 5) is 11.8. The third kappa shape index (κ3) is 5.01. The highest BCUT2D eigenvalue weighted by atomic mass is 35.5. The van der Waals surface area contributed by atoms with Crippen molar-refractivity contribution in [2.75, 3.05) is 35.2 Å². The molecule has 0 aliphatic carbocycles. The van der Waals surface area contributed by atoms with Crippen LogP contribution < -0.4 is 10.6 Å². The second-order valence-electron chi connectivity index (χ2n) is 3.45. The molecule has 0 bridgehead atoms. The minimum absolute atomic E-state index is 0.0311. The van der Waals surface area contributed by atoms with Crippen LogP contribution >= 0.6 is 11.6 Å². The van der Waals surface area contributed by atoms with Gasteiger partial charge in [-0.3, -0.25) is 0 Å². The number of nitrogens with one attached hydrogen (secondary N) is 2. The molecule has 0 fully saturated rings. The highest BCUT2D eigenvalue weighted by molar-refractivity contribution is 7.91. The monoisotopic (exact) mass is 293 g/mol. The van der Waals surface area contributed by atoms with Gasteiger partial charge in [0.05, 0.1) is 5.75 Å². The van der Waals surface area contributed by atoms with E-state index in [9.17, 15) is 8.42 Å². The number of hydrogen-bond donors (Lipinski definition) is 2. The zero-order valence-electron chi connectivity index (χ0n) is 10.3. The quantitative estimate of drug-likeness (QED) is 0.767. The molecule has 0 amide bonds. The standard InChI is InChI=1S/C9H16ClN5O2S/c1-3-11-8-13-7(10)14-9(15-8)12-5-6-18(16,17)4-2/h3-6H2,1-2H3,(H2,11,12,13,14,15). The third-order valence-electron chi connectivity index (χ3n) is 2.08. The SMILES string of the molecule is CCNc1nc(Cl)nc(NCCS(=O)(=O)CC)n1. The normalized spacial score (nSPS) is 11.3. The van der Waals surface area contributed by atoms with Crippen LogP contribution in [0.25, 0.3) is 0 Å². The molecule has 0 saturated carbocycles. The summed E-state index contributed by atoms with van der Waals surface area (Å²) in [6.45, 7) is 4.41. The van der Waals surface area contributed by atoms with E-state index >= 15 is 0 Å². The molecular weight excluding hydrogens is 278 g/mol. The third-order valence-corrected chi connectivity index (χ3v) is 3.95. The molecule has 2 N–H and O–H groups in total. The van der Waals surface area contributed by atoms with Crippen LogP contribution in [0.2, 0.25) is 5.28 Å². The van der Waals surface area contributed by atoms with E-state index in [0.717, 1.165) is 0 Å². The maximum absolute atomic E-state index is 11.3. The molecular formula is C9H16ClN5O2S. The molecule has 1 aromatic heterocycles. The van der Waals surface area contributed by atoms with Gasteiger partial charge in [0.2, 0.25) is 17.2 Å². The molecule has 0 aliphatic heterocycles. The summed E-state index contributed by atoms with van der Waals surface area (Å²) >= 11 is 5.72. The van der Waals surface area contributed by atoms with Crippen molar-refractivity contribution in [1.29, 1.82) is 0 Å². The largest absolute Gasteiger partial charge is 0.354 e. The Bertz CT molecular complexity index is 494. The summed E-state index contributed by atoms with van der Waals surface area (Å²) in [7, 11) is -3.00. The number of sulfone groups is 1. The highest BCUT2D eigenvalue weighted by Crippen LogP contribution is 2.09. The van der Waals surface area contributed by atoms with Crippen molar-refractivity contribution in [3.63, 3.8) is 0 Å². The number of anilines is 2. The van der Waals surface area contributed by atoms with Crippen LogP contribution in [0.5, 0.6) is 0 Å². The minimum atomic E-state index is -3.00. The van der Waals surface area contributed by atoms with E-state index in [1.54, 1.807) is 6.92 Å². The van der Waals surface area contributed by atoms with Crippen molar-refractivity contribution in [2.45, 2.75) is 13.8 Å². The Kier molecular flexibility index (Phi) is 5.54. The van der Waals surface area contributed by atoms with Gasteiger partial charge in [0, 0.05) is 18.8 Å². The fourth-order valence-corrected chi connectivity index (χ4v) is 1.99. The van der Waals surface area contributed by atoms with Crippen molar-refractivity contribution in [3.8, 4) is 0 Å². The van der Waals surface area contributed by atoms with Crippen molar-refractivity contribution in [3.05, 3.63) is 5.28 Å². The molecule has 102 valence electrons. The van der Waals surface area contributed by atoms with Gasteiger partial charge in [-0.1, -0.05) is 6.92 Å². The van der Waals surface area contributed by atoms with Gasteiger partial charge in [0.1, 0.15) is 0 Å². The lowest BCUT2D eigenvalue weighted by atomic mass is 10.7. The lowest BCUT2D eigenvalue weighted by Gasteiger charge is -2.07. The van der Waals surface area contributed by atoms with Gasteiger partial charge in [0.15, 0.2) is 9.84 Å². The predicted molar refractivity (Wildman–Crippen MR) is 71.8 cm³/mol. The lowest BCUT2D eigenvalue weighted by molar-refractivity contribution is 0.597. The molecule has 0 spiro atoms. The molecule has 0 aromatic carbocycles. The molecule has 18 heavy (non-hydrogen) atoms. The van der Waals surface area contributed by atoms with Gasteiger partial charge < -0.3 is 10.6 Å². The predicted octanol–water partition coefficient (Wildman–Crippen LogP) is 0.803. The van der Waals surface area contributed by atoms with Crippen LogP contribution in [-0.2, 0) is 9.84 Å². The zero-order valence-corrected chi connectivity index (χ0v) is 11.8. The van der Waals surface area contributed by atoms with E-state index in [1.807, 2.05) is 6.92 Å². The number of hydrogen-bond acceptors (Lipinski definition) is 7. The van der Waals surface area contributed by atoms with Crippen LogP contribution in [0.15, 0.2) is 0 Å². The second-order valence-corrected chi connectivity index (χ2v) is 6.26. The fraction of sp³-hybridized carbons (Fsp3) is 0.667. The Morgan fingerprint density at radius 3 is 2.28 bits per heavy atom. The smallest absolute Gasteiger partial charge is 0.228 e. The van der Waals surface area contributed by atoms with E-state index in [4.69, 9.17) is 11.6 Å². The molecule has 1 aromatic rings. The highest BCUT2D eigenvalue weighted by Gasteiger charge is 2.08. The van der Waals surface area contributed by atoms with Gasteiger partial charge >= 0.3 is 0 Å². The summed E-state index contributed by atoms with van der Waals surface area (Å²) in [6.07, 6.45) is 0. The maximum Gasteiger partial charge on any atom is 0.228 e. The minimum Gasteiger partial charge on any atom is -0.354 e. The summed E-state index contributed by atoms with van der Waals surface area (Å²) in [6, 6.07) is 0. The van der Waals surface area contributed by atoms with Crippen molar-refractivity contribution >= 4 is 33.3 Å². The van der Waals surface area contributed by atoms with Gasteiger partial charge in [-0.05, 0) is 18.5 Å². The van der Waals surface area contributed by atoms with Gasteiger partial charge in [-0.2, -0.15) is 15.0 Å². The topological polar surface area (TPSA) is 96.9 Å². The maximum atomic E-state index is 11.3. The summed E-state index contributed by atoms with van der Waals surface area (Å²) in [5.41, 5.74) is 0. The Morgan fingerprint density at radius 2 is 1.72 bits per heavy atom. The van der Waals surface area contributed by atoms with Crippen LogP contribution in [0.4, 0.5) is 11.9 Å². The Labute approximate surface area is 111 Å². The van der Waals surface area contributed by atoms with Gasteiger partial charge in [-0.15, -0.1) is 0 Å². The van der Waals surface area contributed by atoms with Crippen LogP contribution in [0, 0.1) is 0 Å². The molecule has 0 radical (unpaired) electrons. The molecule has 0 unspecified atom stereocenters. The molecule has 1 rings (SSSR count). The molecule has 9 heteroatoms. The Balaban J connectivity index is 2.62. The summed E-state index contributed by atoms with van der Waals surface area (Å²) in [5, 5.41) is 5.77. The molecule has 0 saturated heterocycles. The summed E-state index contributed by atoms with van der Waals surface area (Å²) in [5.74, 6) is 0.772. The molecule has 0 atom stereocenters. The first kappa shape index (κ1) is 14.9. The average molecular weight is 294 g/mol. The zero-order chi connectivity index (χ0) is 13.6. The van der Waals surface area contributed by atoms with Crippen molar-refractivity contribution in [1.82, 2.24) is 15.0 Å². The van der Waals surface area contributed by atoms with E-state index < -0.39 is 9.84 Å². The summed E-state index contributed by atoms with van der Waals surface area (Å²) < 4.78 is 22.6. The first-order valence-corrected chi connectivity index (χ1v) is 7.76. The number of halogens is 1. The number of rotatable bonds is 7. The van der Waals surface area contributed by atoms with Crippen LogP contribution in [-0.4, -0.2) is 48.0 Å². The van der Waals surface area contributed by atoms with Gasteiger partial charge in [0.25, 0.3) is 0 Å². The molecule has 0 aliphatic rings. The Morgan fingerprint density at radius 1 is 1.11 bits per heavy atom. The first-order valence-electron chi connectivity index (χ1n) is 5.56. The van der Waals surface area contributed by atoms with E-state index in [-0.39, 0.29) is 29.3 Å². The molecule has 1 heterocycles. The van der Waals surface area contributed by atoms with Crippen molar-refractivity contribution < 1.29 is 8.42 Å². The lowest BCUT2D eigenvalue weighted by Crippen LogP contribution is -2.18. The van der Waals surface area contributed by atoms with Crippen LogP contribution in [0.1, 0.15) is 13.8 Å². The number of nitrogens with zero attached hydrogens (tertiary/aromatic N) is 3. The second kappa shape index (κ2) is 6.69. The molecule has 7 nitrogen and oxygen atoms in total. The van der Waals surface area contributed by atoms with Crippen molar-refractivity contribution in [2.24, 2.45) is 0 Å². The number of aromatic nitrogens is 3. The average Bonchev–Trinajstić information content (AvgIpc) is 2.28. The van der Waals surface area contributed by atoms with Gasteiger partial charge in [-0.25, -0.2) is 8.42 Å². The van der Waals surface area contributed by atoms with E-state index in [2.05, 4.69) is 25.6 Å². The van der Waals surface area contributed by atoms with E-state index in [1.165, 1.54) is 0 Å². The van der Waals surface area contributed by atoms with Crippen LogP contribution in [0.3, 0.4) is 0 Å². The fourth-order valence-electron chi connectivity index (χ4n) is 1.13.